The van der Waals surface area contributed by atoms with Crippen LogP contribution in [0.2, 0.25) is 0 Å². The van der Waals surface area contributed by atoms with Crippen LogP contribution in [-0.4, -0.2) is 6.04 Å². The van der Waals surface area contributed by atoms with Gasteiger partial charge in [0, 0.05) is 6.04 Å². The van der Waals surface area contributed by atoms with Crippen LogP contribution in [0.4, 0.5) is 4.39 Å². The minimum Gasteiger partial charge on any atom is -0.298 e. The highest BCUT2D eigenvalue weighted by molar-refractivity contribution is 7.13. The third kappa shape index (κ3) is 16.3. The van der Waals surface area contributed by atoms with Crippen molar-refractivity contribution in [3.05, 3.63) is 34.7 Å². The van der Waals surface area contributed by atoms with Crippen molar-refractivity contribution in [3.63, 3.8) is 0 Å². The molecule has 2 atom stereocenters. The molecule has 0 saturated carbocycles. The lowest BCUT2D eigenvalue weighted by molar-refractivity contribution is 0.554. The van der Waals surface area contributed by atoms with Gasteiger partial charge in [0.2, 0.25) is 0 Å². The minimum absolute atomic E-state index is 0.138. The Balaban J connectivity index is -0.000000323. The van der Waals surface area contributed by atoms with Gasteiger partial charge in [0.05, 0.1) is 5.57 Å². The van der Waals surface area contributed by atoms with Crippen molar-refractivity contribution in [1.82, 2.24) is 5.09 Å². The molecule has 0 aliphatic heterocycles. The first-order valence-corrected chi connectivity index (χ1v) is 10.1. The fourth-order valence-electron chi connectivity index (χ4n) is 1.82. The quantitative estimate of drug-likeness (QED) is 0.523. The molecule has 1 rings (SSSR count). The van der Waals surface area contributed by atoms with Gasteiger partial charge in [0.15, 0.2) is 0 Å². The molecule has 0 fully saturated rings. The summed E-state index contributed by atoms with van der Waals surface area (Å²) in [6.07, 6.45) is 9.18. The van der Waals surface area contributed by atoms with Gasteiger partial charge in [-0.1, -0.05) is 75.4 Å². The zero-order chi connectivity index (χ0) is 20.3. The second-order valence-electron chi connectivity index (χ2n) is 5.69. The Kier molecular flexibility index (Phi) is 24.3. The smallest absolute Gasteiger partial charge is 0.143 e. The van der Waals surface area contributed by atoms with Gasteiger partial charge < -0.3 is 0 Å². The molecule has 0 aromatic rings. The molecule has 0 aromatic carbocycles. The molecule has 0 amide bonds. The number of rotatable bonds is 4. The molecule has 1 N–H and O–H groups in total. The Labute approximate surface area is 158 Å². The molecule has 0 saturated heterocycles. The molecule has 2 nitrogen and oxygen atoms in total. The molecule has 2 unspecified atom stereocenters. The first kappa shape index (κ1) is 28.8. The molecule has 0 bridgehead atoms. The number of nitrogens with zero attached hydrogens (tertiary/aromatic N) is 1. The Morgan fingerprint density at radius 2 is 1.76 bits per heavy atom. The summed E-state index contributed by atoms with van der Waals surface area (Å²) in [5.41, 5.74) is 1.71. The van der Waals surface area contributed by atoms with Crippen LogP contribution in [0.3, 0.4) is 0 Å². The van der Waals surface area contributed by atoms with Crippen LogP contribution in [0.25, 0.3) is 0 Å². The maximum absolute atomic E-state index is 13.2. The molecule has 1 aliphatic rings. The van der Waals surface area contributed by atoms with Gasteiger partial charge in [-0.25, -0.2) is 4.39 Å². The van der Waals surface area contributed by atoms with Crippen LogP contribution in [0.15, 0.2) is 34.7 Å². The number of allylic oxidation sites excluding steroid dienone is 6. The van der Waals surface area contributed by atoms with Gasteiger partial charge in [-0.05, 0) is 44.8 Å². The fraction of sp³-hybridized carbons (Fsp3) is 0.667. The fourth-order valence-corrected chi connectivity index (χ4v) is 2.22. The highest BCUT2D eigenvalue weighted by Gasteiger charge is 2.09. The van der Waals surface area contributed by atoms with E-state index in [4.69, 9.17) is 5.26 Å². The van der Waals surface area contributed by atoms with E-state index in [0.717, 1.165) is 12.0 Å². The molecular formula is C21H40FN2P. The molecule has 0 heterocycles. The average Bonchev–Trinajstić information content (AvgIpc) is 2.75. The van der Waals surface area contributed by atoms with Crippen molar-refractivity contribution in [2.75, 3.05) is 0 Å². The summed E-state index contributed by atoms with van der Waals surface area (Å²) in [5.74, 6) is -0.394. The van der Waals surface area contributed by atoms with Crippen LogP contribution < -0.4 is 5.09 Å². The lowest BCUT2D eigenvalue weighted by Crippen LogP contribution is -2.17. The van der Waals surface area contributed by atoms with E-state index in [9.17, 15) is 4.39 Å². The Morgan fingerprint density at radius 1 is 1.24 bits per heavy atom. The predicted octanol–water partition coefficient (Wildman–Crippen LogP) is 7.42. The highest BCUT2D eigenvalue weighted by atomic mass is 31.0. The van der Waals surface area contributed by atoms with E-state index in [1.54, 1.807) is 19.1 Å². The SMILES string of the molecule is CC.CC1=CC(C#N)=C(F)C(C)=CC1.CCC.CCCC(CC)NP. The molecule has 25 heavy (non-hydrogen) atoms. The highest BCUT2D eigenvalue weighted by Crippen LogP contribution is 2.23. The molecule has 0 aromatic heterocycles. The summed E-state index contributed by atoms with van der Waals surface area (Å²) >= 11 is 0. The standard InChI is InChI=1S/C10H10FN.C6H16NP.C3H8.C2H6/c1-7-3-4-8(2)10(11)9(5-7)6-12;1-3-5-6(4-2)7-8;1-3-2;1-2/h4-5H,3H2,1-2H3;6-7H,3-5,8H2,1-2H3;3H2,1-2H3;1-2H3. The molecule has 146 valence electrons. The van der Waals surface area contributed by atoms with Crippen LogP contribution in [0.1, 0.15) is 87.5 Å². The zero-order valence-electron chi connectivity index (χ0n) is 17.7. The van der Waals surface area contributed by atoms with Crippen molar-refractivity contribution < 1.29 is 4.39 Å². The molecular weight excluding hydrogens is 330 g/mol. The third-order valence-electron chi connectivity index (χ3n) is 3.19. The molecule has 1 aliphatic carbocycles. The summed E-state index contributed by atoms with van der Waals surface area (Å²) in [4.78, 5) is 0. The summed E-state index contributed by atoms with van der Waals surface area (Å²) in [6, 6.07) is 2.55. The van der Waals surface area contributed by atoms with Gasteiger partial charge in [-0.2, -0.15) is 5.26 Å². The van der Waals surface area contributed by atoms with Crippen molar-refractivity contribution in [1.29, 1.82) is 5.26 Å². The van der Waals surface area contributed by atoms with Gasteiger partial charge in [0.1, 0.15) is 11.9 Å². The second kappa shape index (κ2) is 21.1. The lowest BCUT2D eigenvalue weighted by atomic mass is 10.1. The van der Waals surface area contributed by atoms with Gasteiger partial charge in [-0.15, -0.1) is 0 Å². The zero-order valence-corrected chi connectivity index (χ0v) is 18.8. The number of nitrogens with one attached hydrogen (secondary N) is 1. The maximum Gasteiger partial charge on any atom is 0.143 e. The molecule has 0 spiro atoms. The maximum atomic E-state index is 13.2. The molecule has 4 heteroatoms. The normalized spacial score (nSPS) is 14.0. The van der Waals surface area contributed by atoms with Crippen molar-refractivity contribution in [2.45, 2.75) is 93.5 Å². The van der Waals surface area contributed by atoms with Gasteiger partial charge >= 0.3 is 0 Å². The van der Waals surface area contributed by atoms with Crippen molar-refractivity contribution >= 4 is 9.39 Å². The van der Waals surface area contributed by atoms with Gasteiger partial charge in [0.25, 0.3) is 0 Å². The van der Waals surface area contributed by atoms with Crippen LogP contribution in [0.5, 0.6) is 0 Å². The van der Waals surface area contributed by atoms with Crippen LogP contribution in [0, 0.1) is 11.3 Å². The largest absolute Gasteiger partial charge is 0.298 e. The predicted molar refractivity (Wildman–Crippen MR) is 115 cm³/mol. The average molecular weight is 371 g/mol. The van der Waals surface area contributed by atoms with Crippen molar-refractivity contribution in [2.24, 2.45) is 0 Å². The van der Waals surface area contributed by atoms with E-state index in [1.807, 2.05) is 26.8 Å². The van der Waals surface area contributed by atoms with E-state index in [1.165, 1.54) is 25.7 Å². The summed E-state index contributed by atoms with van der Waals surface area (Å²) in [7, 11) is 2.56. The Hall–Kier alpha value is -0.970. The molecule has 0 radical (unpaired) electrons. The second-order valence-corrected chi connectivity index (χ2v) is 6.02. The first-order valence-electron chi connectivity index (χ1n) is 9.51. The number of hydrogen-bond acceptors (Lipinski definition) is 2. The van der Waals surface area contributed by atoms with E-state index in [0.29, 0.717) is 11.6 Å². The van der Waals surface area contributed by atoms with E-state index >= 15 is 0 Å². The third-order valence-corrected chi connectivity index (χ3v) is 3.66. The Bertz CT molecular complexity index is 441. The van der Waals surface area contributed by atoms with Crippen LogP contribution >= 0.6 is 9.39 Å². The topological polar surface area (TPSA) is 35.8 Å². The van der Waals surface area contributed by atoms with Crippen LogP contribution in [-0.2, 0) is 0 Å². The Morgan fingerprint density at radius 3 is 2.08 bits per heavy atom. The first-order chi connectivity index (χ1) is 11.9. The summed E-state index contributed by atoms with van der Waals surface area (Å²) < 4.78 is 13.2. The number of nitriles is 1. The van der Waals surface area contributed by atoms with E-state index in [2.05, 4.69) is 42.2 Å². The number of halogens is 1. The summed E-state index contributed by atoms with van der Waals surface area (Å²) in [5, 5.41) is 11.8. The lowest BCUT2D eigenvalue weighted by Gasteiger charge is -2.10. The van der Waals surface area contributed by atoms with Crippen molar-refractivity contribution in [3.8, 4) is 6.07 Å². The van der Waals surface area contributed by atoms with E-state index in [-0.39, 0.29) is 5.57 Å². The monoisotopic (exact) mass is 370 g/mol. The van der Waals surface area contributed by atoms with Gasteiger partial charge in [-0.3, -0.25) is 5.09 Å². The summed E-state index contributed by atoms with van der Waals surface area (Å²) in [6.45, 7) is 16.2. The minimum atomic E-state index is -0.394. The van der Waals surface area contributed by atoms with E-state index < -0.39 is 5.83 Å². The number of hydrogen-bond donors (Lipinski definition) is 1.